The van der Waals surface area contributed by atoms with E-state index in [1.807, 2.05) is 6.92 Å². The first kappa shape index (κ1) is 33.2. The van der Waals surface area contributed by atoms with Gasteiger partial charge in [0.15, 0.2) is 0 Å². The molecule has 1 aliphatic carbocycles. The van der Waals surface area contributed by atoms with Crippen molar-refractivity contribution in [1.29, 1.82) is 0 Å². The predicted octanol–water partition coefficient (Wildman–Crippen LogP) is 7.82. The van der Waals surface area contributed by atoms with Gasteiger partial charge in [0.25, 0.3) is 21.9 Å². The number of anilines is 2. The number of amides is 2. The van der Waals surface area contributed by atoms with E-state index >= 15 is 0 Å². The number of aromatic amines is 1. The van der Waals surface area contributed by atoms with Crippen LogP contribution >= 0.6 is 11.6 Å². The Balaban J connectivity index is 1.31. The Bertz CT molecular complexity index is 2180. The van der Waals surface area contributed by atoms with E-state index in [9.17, 15) is 35.7 Å². The number of halogens is 4. The fraction of sp³-hybridized carbons (Fsp3) is 0.206. The lowest BCUT2D eigenvalue weighted by atomic mass is 10.0. The number of aromatic nitrogens is 2. The molecule has 0 unspecified atom stereocenters. The molecule has 1 saturated carbocycles. The van der Waals surface area contributed by atoms with E-state index in [4.69, 9.17) is 16.6 Å². The van der Waals surface area contributed by atoms with E-state index in [1.54, 1.807) is 30.3 Å². The Morgan fingerprint density at radius 1 is 0.938 bits per heavy atom. The summed E-state index contributed by atoms with van der Waals surface area (Å²) in [5.41, 5.74) is 0.805. The van der Waals surface area contributed by atoms with Crippen molar-refractivity contribution in [3.63, 3.8) is 0 Å². The quantitative estimate of drug-likeness (QED) is 0.116. The highest BCUT2D eigenvalue weighted by Gasteiger charge is 2.42. The SMILES string of the molecule is CC1(c2nc3c(C(=O)Nc4cccc(Cl)c4CCc4ccc(S(=O)(=O)O)cc4)cc(NC(=O)c4ccccc4C(F)(F)F)cc3[nH]2)CC1. The van der Waals surface area contributed by atoms with Crippen LogP contribution in [0.5, 0.6) is 0 Å². The Kier molecular flexibility index (Phi) is 8.56. The molecule has 9 nitrogen and oxygen atoms in total. The average Bonchev–Trinajstić information content (AvgIpc) is 3.63. The van der Waals surface area contributed by atoms with Crippen LogP contribution in [0.4, 0.5) is 24.5 Å². The minimum Gasteiger partial charge on any atom is -0.341 e. The molecule has 5 aromatic rings. The normalized spacial score (nSPS) is 14.1. The van der Waals surface area contributed by atoms with Crippen molar-refractivity contribution in [1.82, 2.24) is 9.97 Å². The Hall–Kier alpha value is -4.72. The van der Waals surface area contributed by atoms with Crippen molar-refractivity contribution in [2.75, 3.05) is 10.6 Å². The number of fused-ring (bicyclic) bond motifs is 1. The van der Waals surface area contributed by atoms with Gasteiger partial charge in [-0.25, -0.2) is 4.98 Å². The van der Waals surface area contributed by atoms with Gasteiger partial charge in [-0.05, 0) is 85.3 Å². The highest BCUT2D eigenvalue weighted by Crippen LogP contribution is 2.47. The first-order valence-corrected chi connectivity index (χ1v) is 16.6. The monoisotopic (exact) mass is 696 g/mol. The van der Waals surface area contributed by atoms with E-state index in [0.717, 1.165) is 30.5 Å². The lowest BCUT2D eigenvalue weighted by molar-refractivity contribution is -0.137. The van der Waals surface area contributed by atoms with Gasteiger partial charge in [0.1, 0.15) is 11.3 Å². The Morgan fingerprint density at radius 3 is 2.29 bits per heavy atom. The highest BCUT2D eigenvalue weighted by molar-refractivity contribution is 7.85. The zero-order chi connectivity index (χ0) is 34.4. The van der Waals surface area contributed by atoms with Crippen LogP contribution in [0.2, 0.25) is 5.02 Å². The first-order valence-electron chi connectivity index (χ1n) is 14.8. The van der Waals surface area contributed by atoms with Crippen molar-refractivity contribution in [2.24, 2.45) is 0 Å². The van der Waals surface area contributed by atoms with Gasteiger partial charge in [-0.3, -0.25) is 14.1 Å². The van der Waals surface area contributed by atoms with Gasteiger partial charge in [0.05, 0.1) is 27.1 Å². The van der Waals surface area contributed by atoms with Gasteiger partial charge in [0, 0.05) is 21.8 Å². The maximum absolute atomic E-state index is 13.9. The third kappa shape index (κ3) is 6.93. The molecule has 1 heterocycles. The zero-order valence-corrected chi connectivity index (χ0v) is 26.9. The largest absolute Gasteiger partial charge is 0.417 e. The number of alkyl halides is 3. The summed E-state index contributed by atoms with van der Waals surface area (Å²) < 4.78 is 72.9. The lowest BCUT2D eigenvalue weighted by Gasteiger charge is -2.15. The molecule has 1 aliphatic rings. The fourth-order valence-corrected chi connectivity index (χ4v) is 6.17. The number of hydrogen-bond acceptors (Lipinski definition) is 5. The molecule has 0 saturated heterocycles. The summed E-state index contributed by atoms with van der Waals surface area (Å²) in [6, 6.07) is 18.0. The molecule has 0 bridgehead atoms. The molecule has 48 heavy (non-hydrogen) atoms. The van der Waals surface area contributed by atoms with Gasteiger partial charge in [-0.15, -0.1) is 0 Å². The summed E-state index contributed by atoms with van der Waals surface area (Å²) in [5, 5.41) is 5.77. The number of carbonyl (C=O) groups is 2. The van der Waals surface area contributed by atoms with Crippen LogP contribution in [0.1, 0.15) is 63.0 Å². The summed E-state index contributed by atoms with van der Waals surface area (Å²) in [5.74, 6) is -0.933. The molecule has 0 spiro atoms. The highest BCUT2D eigenvalue weighted by atomic mass is 35.5. The summed E-state index contributed by atoms with van der Waals surface area (Å²) in [4.78, 5) is 34.7. The molecule has 14 heteroatoms. The number of H-pyrrole nitrogens is 1. The molecule has 6 rings (SSSR count). The molecule has 0 radical (unpaired) electrons. The second-order valence-electron chi connectivity index (χ2n) is 11.9. The molecule has 1 fully saturated rings. The maximum atomic E-state index is 13.9. The van der Waals surface area contributed by atoms with Crippen LogP contribution in [0.15, 0.2) is 83.8 Å². The molecule has 4 N–H and O–H groups in total. The number of nitrogens with zero attached hydrogens (tertiary/aromatic N) is 1. The Labute approximate surface area is 278 Å². The van der Waals surface area contributed by atoms with Crippen LogP contribution in [-0.4, -0.2) is 34.8 Å². The van der Waals surface area contributed by atoms with E-state index in [2.05, 4.69) is 15.6 Å². The molecule has 248 valence electrons. The van der Waals surface area contributed by atoms with Crippen molar-refractivity contribution in [2.45, 2.75) is 49.1 Å². The standard InChI is InChI=1S/C34H28ClF3N4O5S/c1-33(15-16-33)32-41-28-18-20(39-30(43)22-5-2-3-6-25(22)34(36,37)38)17-24(29(28)42-32)31(44)40-27-8-4-7-26(35)23(27)14-11-19-9-12-21(13-10-19)48(45,46)47/h2-10,12-13,17-18H,11,14-16H2,1H3,(H,39,43)(H,40,44)(H,41,42)(H,45,46,47). The molecule has 4 aromatic carbocycles. The van der Waals surface area contributed by atoms with Crippen LogP contribution in [0.25, 0.3) is 11.0 Å². The molecule has 0 aliphatic heterocycles. The van der Waals surface area contributed by atoms with Crippen molar-refractivity contribution < 1.29 is 35.7 Å². The molecule has 2 amide bonds. The fourth-order valence-electron chi connectivity index (χ4n) is 5.42. The first-order chi connectivity index (χ1) is 22.6. The minimum absolute atomic E-state index is 0.0744. The van der Waals surface area contributed by atoms with Crippen molar-refractivity contribution >= 4 is 55.9 Å². The predicted molar refractivity (Wildman–Crippen MR) is 175 cm³/mol. The number of rotatable bonds is 9. The molecule has 1 aromatic heterocycles. The second-order valence-corrected chi connectivity index (χ2v) is 13.7. The van der Waals surface area contributed by atoms with E-state index in [1.165, 1.54) is 36.4 Å². The van der Waals surface area contributed by atoms with Gasteiger partial charge >= 0.3 is 6.18 Å². The van der Waals surface area contributed by atoms with Gasteiger partial charge in [-0.2, -0.15) is 21.6 Å². The zero-order valence-electron chi connectivity index (χ0n) is 25.3. The average molecular weight is 697 g/mol. The lowest BCUT2D eigenvalue weighted by Crippen LogP contribution is -2.19. The summed E-state index contributed by atoms with van der Waals surface area (Å²) in [6.45, 7) is 2.02. The summed E-state index contributed by atoms with van der Waals surface area (Å²) in [7, 11) is -4.34. The van der Waals surface area contributed by atoms with Crippen LogP contribution in [0.3, 0.4) is 0 Å². The smallest absolute Gasteiger partial charge is 0.341 e. The van der Waals surface area contributed by atoms with E-state index in [-0.39, 0.29) is 21.6 Å². The number of aryl methyl sites for hydroxylation is 1. The number of hydrogen-bond donors (Lipinski definition) is 4. The van der Waals surface area contributed by atoms with Gasteiger partial charge in [-0.1, -0.05) is 48.9 Å². The number of nitrogens with one attached hydrogen (secondary N) is 3. The van der Waals surface area contributed by atoms with Crippen LogP contribution in [0, 0.1) is 0 Å². The van der Waals surface area contributed by atoms with Gasteiger partial charge < -0.3 is 15.6 Å². The van der Waals surface area contributed by atoms with Crippen LogP contribution < -0.4 is 10.6 Å². The number of imidazole rings is 1. The van der Waals surface area contributed by atoms with Crippen molar-refractivity contribution in [3.05, 3.63) is 118 Å². The number of benzene rings is 4. The topological polar surface area (TPSA) is 141 Å². The summed E-state index contributed by atoms with van der Waals surface area (Å²) in [6.07, 6.45) is -2.20. The molecular weight excluding hydrogens is 669 g/mol. The molecular formula is C34H28ClF3N4O5S. The third-order valence-corrected chi connectivity index (χ3v) is 9.61. The molecule has 0 atom stereocenters. The van der Waals surface area contributed by atoms with Crippen molar-refractivity contribution in [3.8, 4) is 0 Å². The maximum Gasteiger partial charge on any atom is 0.417 e. The number of carbonyl (C=O) groups excluding carboxylic acids is 2. The van der Waals surface area contributed by atoms with Crippen LogP contribution in [-0.2, 0) is 34.6 Å². The minimum atomic E-state index is -4.75. The third-order valence-electron chi connectivity index (χ3n) is 8.39. The summed E-state index contributed by atoms with van der Waals surface area (Å²) >= 11 is 6.54. The Morgan fingerprint density at radius 2 is 1.62 bits per heavy atom. The van der Waals surface area contributed by atoms with E-state index < -0.39 is 39.2 Å². The van der Waals surface area contributed by atoms with E-state index in [0.29, 0.717) is 46.0 Å². The van der Waals surface area contributed by atoms with Gasteiger partial charge in [0.2, 0.25) is 0 Å². The second kappa shape index (κ2) is 12.4.